The van der Waals surface area contributed by atoms with Gasteiger partial charge in [-0.25, -0.2) is 0 Å². The molecular formula is C17H22N2O. The van der Waals surface area contributed by atoms with Crippen LogP contribution in [0.3, 0.4) is 0 Å². The summed E-state index contributed by atoms with van der Waals surface area (Å²) in [6, 6.07) is 14.3. The lowest BCUT2D eigenvalue weighted by atomic mass is 10.1. The summed E-state index contributed by atoms with van der Waals surface area (Å²) >= 11 is 0. The lowest BCUT2D eigenvalue weighted by Gasteiger charge is -2.05. The molecule has 106 valence electrons. The summed E-state index contributed by atoms with van der Waals surface area (Å²) in [5, 5.41) is 14.4. The molecule has 0 aliphatic heterocycles. The fraction of sp³-hybridized carbons (Fsp3) is 0.353. The maximum absolute atomic E-state index is 10.9. The van der Waals surface area contributed by atoms with Crippen LogP contribution in [-0.4, -0.2) is 6.54 Å². The molecule has 0 fully saturated rings. The molecule has 3 heteroatoms. The monoisotopic (exact) mass is 270 g/mol. The van der Waals surface area contributed by atoms with Crippen LogP contribution < -0.4 is 10.0 Å². The van der Waals surface area contributed by atoms with Crippen molar-refractivity contribution in [2.45, 2.75) is 32.2 Å². The minimum absolute atomic E-state index is 0.830. The number of hydrogen-bond donors (Lipinski definition) is 1. The predicted octanol–water partition coefficient (Wildman–Crippen LogP) is 2.82. The number of rotatable bonds is 8. The highest BCUT2D eigenvalue weighted by Gasteiger charge is 1.96. The molecule has 0 spiro atoms. The minimum atomic E-state index is 0.830. The maximum atomic E-state index is 10.9. The van der Waals surface area contributed by atoms with E-state index < -0.39 is 0 Å². The molecule has 0 aliphatic rings. The minimum Gasteiger partial charge on any atom is -0.619 e. The van der Waals surface area contributed by atoms with Gasteiger partial charge in [0, 0.05) is 18.7 Å². The largest absolute Gasteiger partial charge is 0.619 e. The van der Waals surface area contributed by atoms with Gasteiger partial charge >= 0.3 is 0 Å². The van der Waals surface area contributed by atoms with Crippen LogP contribution in [-0.2, 0) is 13.0 Å². The van der Waals surface area contributed by atoms with Gasteiger partial charge in [-0.1, -0.05) is 36.8 Å². The maximum Gasteiger partial charge on any atom is 0.180 e. The topological polar surface area (TPSA) is 39.0 Å². The van der Waals surface area contributed by atoms with Crippen LogP contribution >= 0.6 is 0 Å². The van der Waals surface area contributed by atoms with E-state index in [1.807, 2.05) is 18.2 Å². The summed E-state index contributed by atoms with van der Waals surface area (Å²) in [6.07, 6.45) is 7.78. The molecule has 3 nitrogen and oxygen atoms in total. The van der Waals surface area contributed by atoms with Crippen LogP contribution in [0.25, 0.3) is 0 Å². The second-order valence-corrected chi connectivity index (χ2v) is 5.04. The third kappa shape index (κ3) is 5.41. The zero-order valence-electron chi connectivity index (χ0n) is 11.8. The van der Waals surface area contributed by atoms with E-state index in [1.165, 1.54) is 30.4 Å². The van der Waals surface area contributed by atoms with Crippen LogP contribution in [0.5, 0.6) is 0 Å². The Hall–Kier alpha value is -1.87. The molecular weight excluding hydrogens is 248 g/mol. The molecule has 1 aromatic heterocycles. The lowest BCUT2D eigenvalue weighted by Crippen LogP contribution is -2.23. The third-order valence-electron chi connectivity index (χ3n) is 3.36. The highest BCUT2D eigenvalue weighted by Crippen LogP contribution is 2.04. The van der Waals surface area contributed by atoms with Gasteiger partial charge < -0.3 is 10.5 Å². The van der Waals surface area contributed by atoms with E-state index in [4.69, 9.17) is 0 Å². The van der Waals surface area contributed by atoms with E-state index >= 15 is 0 Å². The van der Waals surface area contributed by atoms with Crippen LogP contribution in [0.1, 0.15) is 30.4 Å². The van der Waals surface area contributed by atoms with Gasteiger partial charge in [-0.3, -0.25) is 0 Å². The van der Waals surface area contributed by atoms with E-state index in [2.05, 4.69) is 29.6 Å². The molecule has 20 heavy (non-hydrogen) atoms. The van der Waals surface area contributed by atoms with Gasteiger partial charge in [0.2, 0.25) is 0 Å². The Morgan fingerprint density at radius 2 is 1.60 bits per heavy atom. The molecule has 2 aromatic rings. The Bertz CT molecular complexity index is 482. The molecule has 0 amide bonds. The molecule has 0 aliphatic carbocycles. The molecule has 0 saturated heterocycles. The zero-order chi connectivity index (χ0) is 14.0. The number of hydrogen-bond acceptors (Lipinski definition) is 2. The molecule has 0 bridgehead atoms. The second kappa shape index (κ2) is 8.33. The van der Waals surface area contributed by atoms with Crippen LogP contribution in [0.4, 0.5) is 0 Å². The van der Waals surface area contributed by atoms with Gasteiger partial charge in [0.05, 0.1) is 0 Å². The summed E-state index contributed by atoms with van der Waals surface area (Å²) in [7, 11) is 0. The SMILES string of the molecule is [O-][n+]1ccc(CCCCCNCc2ccccc2)cc1. The lowest BCUT2D eigenvalue weighted by molar-refractivity contribution is -0.605. The first kappa shape index (κ1) is 14.5. The molecule has 0 atom stereocenters. The van der Waals surface area contributed by atoms with Crippen molar-refractivity contribution in [3.05, 3.63) is 71.2 Å². The summed E-state index contributed by atoms with van der Waals surface area (Å²) in [5.74, 6) is 0. The van der Waals surface area contributed by atoms with Crippen LogP contribution in [0.15, 0.2) is 54.9 Å². The number of aryl methyl sites for hydroxylation is 1. The van der Waals surface area contributed by atoms with Crippen LogP contribution in [0, 0.1) is 5.21 Å². The number of pyridine rings is 1. The van der Waals surface area contributed by atoms with Gasteiger partial charge in [-0.15, -0.1) is 0 Å². The Morgan fingerprint density at radius 1 is 0.850 bits per heavy atom. The average Bonchev–Trinajstić information content (AvgIpc) is 2.49. The Balaban J connectivity index is 1.51. The molecule has 2 rings (SSSR count). The first-order chi connectivity index (χ1) is 9.84. The van der Waals surface area contributed by atoms with Crippen LogP contribution in [0.2, 0.25) is 0 Å². The van der Waals surface area contributed by atoms with Gasteiger partial charge in [-0.2, -0.15) is 4.73 Å². The fourth-order valence-electron chi connectivity index (χ4n) is 2.19. The van der Waals surface area contributed by atoms with E-state index in [0.29, 0.717) is 0 Å². The van der Waals surface area contributed by atoms with Crippen molar-refractivity contribution in [2.24, 2.45) is 0 Å². The quantitative estimate of drug-likeness (QED) is 0.455. The second-order valence-electron chi connectivity index (χ2n) is 5.04. The number of aromatic nitrogens is 1. The van der Waals surface area contributed by atoms with Gasteiger partial charge in [0.1, 0.15) is 0 Å². The number of nitrogens with one attached hydrogen (secondary N) is 1. The number of benzene rings is 1. The zero-order valence-corrected chi connectivity index (χ0v) is 11.8. The summed E-state index contributed by atoms with van der Waals surface area (Å²) in [6.45, 7) is 2.01. The van der Waals surface area contributed by atoms with Gasteiger partial charge in [-0.05, 0) is 36.9 Å². The van der Waals surface area contributed by atoms with Gasteiger partial charge in [0.25, 0.3) is 0 Å². The predicted molar refractivity (Wildman–Crippen MR) is 81.1 cm³/mol. The normalized spacial score (nSPS) is 10.6. The summed E-state index contributed by atoms with van der Waals surface area (Å²) < 4.78 is 0.830. The highest BCUT2D eigenvalue weighted by atomic mass is 16.5. The smallest absolute Gasteiger partial charge is 0.180 e. The fourth-order valence-corrected chi connectivity index (χ4v) is 2.19. The highest BCUT2D eigenvalue weighted by molar-refractivity contribution is 5.14. The first-order valence-electron chi connectivity index (χ1n) is 7.27. The molecule has 1 N–H and O–H groups in total. The molecule has 0 saturated carbocycles. The molecule has 1 aromatic carbocycles. The van der Waals surface area contributed by atoms with Crippen molar-refractivity contribution < 1.29 is 4.73 Å². The number of nitrogens with zero attached hydrogens (tertiary/aromatic N) is 1. The van der Waals surface area contributed by atoms with Crippen molar-refractivity contribution in [3.63, 3.8) is 0 Å². The van der Waals surface area contributed by atoms with Gasteiger partial charge in [0.15, 0.2) is 12.4 Å². The Labute approximate surface area is 120 Å². The number of unbranched alkanes of at least 4 members (excludes halogenated alkanes) is 2. The third-order valence-corrected chi connectivity index (χ3v) is 3.36. The van der Waals surface area contributed by atoms with Crippen molar-refractivity contribution in [3.8, 4) is 0 Å². The van der Waals surface area contributed by atoms with E-state index in [1.54, 1.807) is 12.4 Å². The molecule has 0 unspecified atom stereocenters. The molecule has 0 radical (unpaired) electrons. The van der Waals surface area contributed by atoms with Crippen molar-refractivity contribution >= 4 is 0 Å². The van der Waals surface area contributed by atoms with E-state index in [0.717, 1.165) is 24.2 Å². The Morgan fingerprint density at radius 3 is 2.35 bits per heavy atom. The standard InChI is InChI=1S/C17H22N2O/c20-19-13-10-16(11-14-19)7-5-2-6-12-18-15-17-8-3-1-4-9-17/h1,3-4,8-11,13-14,18H,2,5-7,12,15H2. The summed E-state index contributed by atoms with van der Waals surface area (Å²) in [4.78, 5) is 0. The van der Waals surface area contributed by atoms with E-state index in [-0.39, 0.29) is 0 Å². The molecule has 1 heterocycles. The summed E-state index contributed by atoms with van der Waals surface area (Å²) in [5.41, 5.74) is 2.58. The van der Waals surface area contributed by atoms with Crippen molar-refractivity contribution in [2.75, 3.05) is 6.54 Å². The first-order valence-corrected chi connectivity index (χ1v) is 7.27. The Kier molecular flexibility index (Phi) is 6.06. The van der Waals surface area contributed by atoms with Crippen molar-refractivity contribution in [1.82, 2.24) is 5.32 Å². The van der Waals surface area contributed by atoms with Crippen molar-refractivity contribution in [1.29, 1.82) is 0 Å². The van der Waals surface area contributed by atoms with E-state index in [9.17, 15) is 5.21 Å². The average molecular weight is 270 g/mol.